The lowest BCUT2D eigenvalue weighted by atomic mass is 9.85. The highest BCUT2D eigenvalue weighted by atomic mass is 79.9. The molecule has 9 heteroatoms. The molecule has 0 spiro atoms. The third-order valence-electron chi connectivity index (χ3n) is 7.68. The Hall–Kier alpha value is -3.04. The van der Waals surface area contributed by atoms with E-state index >= 15 is 0 Å². The zero-order valence-corrected chi connectivity index (χ0v) is 24.8. The van der Waals surface area contributed by atoms with Crippen molar-refractivity contribution in [3.63, 3.8) is 0 Å². The van der Waals surface area contributed by atoms with Gasteiger partial charge in [0, 0.05) is 23.2 Å². The van der Waals surface area contributed by atoms with Crippen LogP contribution in [-0.4, -0.2) is 64.6 Å². The van der Waals surface area contributed by atoms with Gasteiger partial charge in [-0.15, -0.1) is 0 Å². The SMILES string of the molecule is C[C@@H]1CN(C(=O)OC(C)(C)C)[C@](C=O)(COCC(=O)c2ccc3c(c2)COc2cc4c(cc2-3)CCC(Br)C4=O)C1. The molecule has 1 aliphatic carbocycles. The number of ether oxygens (including phenoxy) is 3. The summed E-state index contributed by atoms with van der Waals surface area (Å²) >= 11 is 3.46. The van der Waals surface area contributed by atoms with Crippen molar-refractivity contribution in [1.82, 2.24) is 4.90 Å². The largest absolute Gasteiger partial charge is 0.488 e. The van der Waals surface area contributed by atoms with Crippen LogP contribution in [0.25, 0.3) is 11.1 Å². The van der Waals surface area contributed by atoms with Crippen LogP contribution in [0.1, 0.15) is 72.4 Å². The van der Waals surface area contributed by atoms with Crippen LogP contribution in [0.3, 0.4) is 0 Å². The minimum atomic E-state index is -1.18. The molecule has 2 aromatic rings. The number of hydrogen-bond acceptors (Lipinski definition) is 7. The number of aryl methyl sites for hydroxylation is 1. The normalized spacial score (nSPS) is 23.5. The highest BCUT2D eigenvalue weighted by Gasteiger charge is 2.48. The molecule has 2 aromatic carbocycles. The molecular weight excluding hydrogens is 578 g/mol. The van der Waals surface area contributed by atoms with E-state index in [1.54, 1.807) is 26.8 Å². The molecule has 2 heterocycles. The number of fused-ring (bicyclic) bond motifs is 4. The van der Waals surface area contributed by atoms with Gasteiger partial charge in [-0.25, -0.2) is 4.79 Å². The number of halogens is 1. The second-order valence-electron chi connectivity index (χ2n) is 12.1. The second-order valence-corrected chi connectivity index (χ2v) is 13.2. The van der Waals surface area contributed by atoms with Crippen molar-refractivity contribution in [1.29, 1.82) is 0 Å². The quantitative estimate of drug-likeness (QED) is 0.240. The van der Waals surface area contributed by atoms with Crippen molar-refractivity contribution in [3.05, 3.63) is 52.6 Å². The number of benzene rings is 2. The first kappa shape index (κ1) is 28.5. The number of ketones is 2. The van der Waals surface area contributed by atoms with Crippen molar-refractivity contribution in [2.75, 3.05) is 19.8 Å². The van der Waals surface area contributed by atoms with Gasteiger partial charge >= 0.3 is 6.09 Å². The summed E-state index contributed by atoms with van der Waals surface area (Å²) < 4.78 is 17.3. The zero-order valence-electron chi connectivity index (χ0n) is 23.3. The van der Waals surface area contributed by atoms with Gasteiger partial charge in [0.2, 0.25) is 0 Å². The number of carbonyl (C=O) groups is 4. The van der Waals surface area contributed by atoms with Gasteiger partial charge in [-0.05, 0) is 80.8 Å². The fourth-order valence-electron chi connectivity index (χ4n) is 5.81. The van der Waals surface area contributed by atoms with Gasteiger partial charge in [-0.1, -0.05) is 35.0 Å². The molecule has 1 saturated heterocycles. The first-order valence-electron chi connectivity index (χ1n) is 13.6. The van der Waals surface area contributed by atoms with E-state index < -0.39 is 17.2 Å². The Morgan fingerprint density at radius 3 is 2.65 bits per heavy atom. The van der Waals surface area contributed by atoms with E-state index in [0.717, 1.165) is 41.4 Å². The number of likely N-dealkylation sites (tertiary alicyclic amines) is 1. The molecule has 0 aromatic heterocycles. The standard InChI is InChI=1S/C31H34BrNO7/c1-18-12-31(16-34,33(13-18)29(37)40-30(2,3)4)17-38-15-26(35)20-5-7-22-21(9-20)14-39-27-11-23-19(10-24(22)27)6-8-25(32)28(23)36/h5,7,9-11,16,18,25H,6,8,12-15,17H2,1-4H3/t18-,25?,31+/m0/s1. The molecule has 0 radical (unpaired) electrons. The number of nitrogens with zero attached hydrogens (tertiary/aromatic N) is 1. The molecule has 1 amide bonds. The molecule has 3 aliphatic rings. The Balaban J connectivity index is 1.28. The van der Waals surface area contributed by atoms with Crippen molar-refractivity contribution in [2.45, 2.75) is 69.5 Å². The number of carbonyl (C=O) groups excluding carboxylic acids is 4. The summed E-state index contributed by atoms with van der Waals surface area (Å²) in [7, 11) is 0. The highest BCUT2D eigenvalue weighted by Crippen LogP contribution is 2.42. The minimum absolute atomic E-state index is 0.0806. The Labute approximate surface area is 242 Å². The third-order valence-corrected chi connectivity index (χ3v) is 8.55. The predicted molar refractivity (Wildman–Crippen MR) is 152 cm³/mol. The zero-order chi connectivity index (χ0) is 28.8. The van der Waals surface area contributed by atoms with Gasteiger partial charge in [-0.2, -0.15) is 0 Å². The topological polar surface area (TPSA) is 99.2 Å². The molecule has 1 unspecified atom stereocenters. The summed E-state index contributed by atoms with van der Waals surface area (Å²) in [6.07, 6.45) is 2.17. The first-order valence-corrected chi connectivity index (χ1v) is 14.5. The molecular formula is C31H34BrNO7. The van der Waals surface area contributed by atoms with Gasteiger partial charge in [0.1, 0.15) is 36.4 Å². The van der Waals surface area contributed by atoms with Crippen LogP contribution in [0.5, 0.6) is 5.75 Å². The lowest BCUT2D eigenvalue weighted by molar-refractivity contribution is -0.120. The fraction of sp³-hybridized carbons (Fsp3) is 0.484. The number of alkyl halides is 1. The monoisotopic (exact) mass is 611 g/mol. The van der Waals surface area contributed by atoms with E-state index in [0.29, 0.717) is 29.8 Å². The van der Waals surface area contributed by atoms with E-state index in [1.165, 1.54) is 4.90 Å². The summed E-state index contributed by atoms with van der Waals surface area (Å²) in [6, 6.07) is 9.34. The maximum Gasteiger partial charge on any atom is 0.411 e. The molecule has 0 bridgehead atoms. The Morgan fingerprint density at radius 2 is 1.93 bits per heavy atom. The number of rotatable bonds is 6. The summed E-state index contributed by atoms with van der Waals surface area (Å²) in [5.41, 5.74) is 3.09. The predicted octanol–water partition coefficient (Wildman–Crippen LogP) is 5.55. The summed E-state index contributed by atoms with van der Waals surface area (Å²) in [5.74, 6) is 0.606. The minimum Gasteiger partial charge on any atom is -0.488 e. The van der Waals surface area contributed by atoms with Crippen molar-refractivity contribution in [2.24, 2.45) is 5.92 Å². The van der Waals surface area contributed by atoms with Crippen LogP contribution < -0.4 is 4.74 Å². The van der Waals surface area contributed by atoms with Gasteiger partial charge in [0.25, 0.3) is 0 Å². The van der Waals surface area contributed by atoms with Crippen LogP contribution in [0.2, 0.25) is 0 Å². The smallest absolute Gasteiger partial charge is 0.411 e. The average Bonchev–Trinajstić information content (AvgIpc) is 3.25. The lowest BCUT2D eigenvalue weighted by Gasteiger charge is -2.34. The Bertz CT molecular complexity index is 1380. The van der Waals surface area contributed by atoms with E-state index in [4.69, 9.17) is 14.2 Å². The van der Waals surface area contributed by atoms with Crippen LogP contribution in [0.15, 0.2) is 30.3 Å². The molecule has 0 saturated carbocycles. The van der Waals surface area contributed by atoms with E-state index in [9.17, 15) is 19.2 Å². The molecule has 3 atom stereocenters. The third kappa shape index (κ3) is 5.46. The summed E-state index contributed by atoms with van der Waals surface area (Å²) in [4.78, 5) is 52.0. The molecule has 1 fully saturated rings. The van der Waals surface area contributed by atoms with E-state index in [-0.39, 0.29) is 42.1 Å². The van der Waals surface area contributed by atoms with Crippen molar-refractivity contribution in [3.8, 4) is 16.9 Å². The number of amides is 1. The van der Waals surface area contributed by atoms with Gasteiger partial charge in [0.05, 0.1) is 11.4 Å². The average molecular weight is 613 g/mol. The Kier molecular flexibility index (Phi) is 7.65. The molecule has 8 nitrogen and oxygen atoms in total. The van der Waals surface area contributed by atoms with E-state index in [1.807, 2.05) is 31.2 Å². The van der Waals surface area contributed by atoms with Crippen molar-refractivity contribution >= 4 is 39.9 Å². The summed E-state index contributed by atoms with van der Waals surface area (Å²) in [6.45, 7) is 7.63. The molecule has 40 heavy (non-hydrogen) atoms. The lowest BCUT2D eigenvalue weighted by Crippen LogP contribution is -2.53. The molecule has 5 rings (SSSR count). The number of aldehydes is 1. The van der Waals surface area contributed by atoms with Gasteiger partial charge in [0.15, 0.2) is 11.6 Å². The van der Waals surface area contributed by atoms with Gasteiger partial charge < -0.3 is 19.0 Å². The fourth-order valence-corrected chi connectivity index (χ4v) is 6.28. The number of Topliss-reactive ketones (excluding diaryl/α,β-unsaturated/α-hetero) is 2. The van der Waals surface area contributed by atoms with Crippen LogP contribution in [0, 0.1) is 5.92 Å². The van der Waals surface area contributed by atoms with Crippen molar-refractivity contribution < 1.29 is 33.4 Å². The van der Waals surface area contributed by atoms with Crippen LogP contribution >= 0.6 is 15.9 Å². The maximum atomic E-state index is 13.1. The summed E-state index contributed by atoms with van der Waals surface area (Å²) in [5, 5.41) is 0. The second kappa shape index (κ2) is 10.7. The van der Waals surface area contributed by atoms with Gasteiger partial charge in [-0.3, -0.25) is 14.5 Å². The molecule has 0 N–H and O–H groups in total. The maximum absolute atomic E-state index is 13.1. The Morgan fingerprint density at radius 1 is 1.15 bits per heavy atom. The van der Waals surface area contributed by atoms with Crippen LogP contribution in [0.4, 0.5) is 4.79 Å². The first-order chi connectivity index (χ1) is 18.9. The number of hydrogen-bond donors (Lipinski definition) is 0. The highest BCUT2D eigenvalue weighted by molar-refractivity contribution is 9.10. The van der Waals surface area contributed by atoms with E-state index in [2.05, 4.69) is 15.9 Å². The molecule has 2 aliphatic heterocycles. The molecule has 212 valence electrons. The van der Waals surface area contributed by atoms with Crippen LogP contribution in [-0.2, 0) is 27.3 Å².